The second-order valence-electron chi connectivity index (χ2n) is 11.9. The third kappa shape index (κ3) is 4.55. The van der Waals surface area contributed by atoms with Gasteiger partial charge in [0.15, 0.2) is 0 Å². The Labute approximate surface area is 217 Å². The maximum Gasteiger partial charge on any atom is 0.292 e. The number of rotatable bonds is 6. The summed E-state index contributed by atoms with van der Waals surface area (Å²) in [7, 11) is 0. The van der Waals surface area contributed by atoms with Gasteiger partial charge in [0, 0.05) is 49.5 Å². The van der Waals surface area contributed by atoms with E-state index in [-0.39, 0.29) is 28.0 Å². The zero-order valence-electron chi connectivity index (χ0n) is 21.4. The SMILES string of the molecule is CC(Nc1cc(N2CCN(C(=O)c3cccc(F)c3)CC2)ccc1[N+](=O)[O-])C12CC3CC(CC(C3)C1)C2. The van der Waals surface area contributed by atoms with Gasteiger partial charge in [0.1, 0.15) is 11.5 Å². The first-order chi connectivity index (χ1) is 17.8. The van der Waals surface area contributed by atoms with Crippen molar-refractivity contribution < 1.29 is 14.1 Å². The molecule has 4 aliphatic carbocycles. The van der Waals surface area contributed by atoms with E-state index in [9.17, 15) is 19.3 Å². The Morgan fingerprint density at radius 3 is 2.27 bits per heavy atom. The largest absolute Gasteiger partial charge is 0.376 e. The standard InChI is InChI=1S/C29H35FN4O3/c1-19(29-16-20-11-21(17-29)13-22(12-20)18-29)31-26-15-25(5-6-27(26)34(36)37)32-7-9-33(10-8-32)28(35)23-3-2-4-24(30)14-23/h2-6,14-15,19-22,31H,7-13,16-18H2,1H3. The van der Waals surface area contributed by atoms with Crippen LogP contribution in [0.2, 0.25) is 0 Å². The maximum atomic E-state index is 13.6. The van der Waals surface area contributed by atoms with E-state index in [4.69, 9.17) is 0 Å². The topological polar surface area (TPSA) is 78.7 Å². The molecule has 4 saturated carbocycles. The summed E-state index contributed by atoms with van der Waals surface area (Å²) < 4.78 is 13.6. The van der Waals surface area contributed by atoms with Crippen molar-refractivity contribution in [3.05, 3.63) is 64.0 Å². The molecule has 1 saturated heterocycles. The number of nitrogens with zero attached hydrogens (tertiary/aromatic N) is 3. The highest BCUT2D eigenvalue weighted by atomic mass is 19.1. The van der Waals surface area contributed by atoms with Gasteiger partial charge < -0.3 is 15.1 Å². The predicted octanol–water partition coefficient (Wildman–Crippen LogP) is 5.71. The van der Waals surface area contributed by atoms with Crippen molar-refractivity contribution >= 4 is 23.0 Å². The van der Waals surface area contributed by atoms with E-state index in [0.717, 1.165) is 23.4 Å². The predicted molar refractivity (Wildman–Crippen MR) is 141 cm³/mol. The Hall–Kier alpha value is -3.16. The Morgan fingerprint density at radius 1 is 1.03 bits per heavy atom. The molecule has 4 bridgehead atoms. The fraction of sp³-hybridized carbons (Fsp3) is 0.552. The van der Waals surface area contributed by atoms with Gasteiger partial charge in [-0.15, -0.1) is 0 Å². The molecule has 5 aliphatic rings. The second kappa shape index (κ2) is 9.30. The molecule has 1 aliphatic heterocycles. The smallest absolute Gasteiger partial charge is 0.292 e. The van der Waals surface area contributed by atoms with Crippen molar-refractivity contribution in [1.82, 2.24) is 4.90 Å². The molecule has 1 atom stereocenters. The van der Waals surface area contributed by atoms with Crippen molar-refractivity contribution in [2.45, 2.75) is 51.5 Å². The lowest BCUT2D eigenvalue weighted by molar-refractivity contribution is -0.384. The van der Waals surface area contributed by atoms with Crippen LogP contribution in [0.15, 0.2) is 42.5 Å². The zero-order chi connectivity index (χ0) is 25.7. The van der Waals surface area contributed by atoms with Crippen LogP contribution in [0, 0.1) is 39.1 Å². The molecule has 7 nitrogen and oxygen atoms in total. The van der Waals surface area contributed by atoms with Gasteiger partial charge in [-0.25, -0.2) is 4.39 Å². The highest BCUT2D eigenvalue weighted by Gasteiger charge is 2.53. The lowest BCUT2D eigenvalue weighted by Crippen LogP contribution is -2.53. The van der Waals surface area contributed by atoms with E-state index in [1.807, 2.05) is 12.1 Å². The highest BCUT2D eigenvalue weighted by molar-refractivity contribution is 5.94. The van der Waals surface area contributed by atoms with Crippen molar-refractivity contribution in [1.29, 1.82) is 0 Å². The first-order valence-corrected chi connectivity index (χ1v) is 13.6. The molecule has 196 valence electrons. The molecular formula is C29H35FN4O3. The Balaban J connectivity index is 1.17. The van der Waals surface area contributed by atoms with E-state index in [2.05, 4.69) is 17.1 Å². The first-order valence-electron chi connectivity index (χ1n) is 13.6. The van der Waals surface area contributed by atoms with Gasteiger partial charge in [-0.2, -0.15) is 0 Å². The molecule has 2 aromatic rings. The molecule has 7 rings (SSSR count). The second-order valence-corrected chi connectivity index (χ2v) is 11.9. The van der Waals surface area contributed by atoms with E-state index >= 15 is 0 Å². The minimum Gasteiger partial charge on any atom is -0.376 e. The number of hydrogen-bond donors (Lipinski definition) is 1. The van der Waals surface area contributed by atoms with Crippen LogP contribution in [0.5, 0.6) is 0 Å². The van der Waals surface area contributed by atoms with E-state index in [1.54, 1.807) is 23.1 Å². The first kappa shape index (κ1) is 24.2. The third-order valence-electron chi connectivity index (χ3n) is 9.56. The highest BCUT2D eigenvalue weighted by Crippen LogP contribution is 2.61. The number of carbonyl (C=O) groups is 1. The van der Waals surface area contributed by atoms with Crippen LogP contribution >= 0.6 is 0 Å². The average Bonchev–Trinajstić information content (AvgIpc) is 2.87. The molecule has 1 N–H and O–H groups in total. The van der Waals surface area contributed by atoms with Gasteiger partial charge in [-0.1, -0.05) is 6.07 Å². The van der Waals surface area contributed by atoms with Crippen LogP contribution in [0.1, 0.15) is 55.8 Å². The Kier molecular flexibility index (Phi) is 6.08. The molecule has 1 amide bonds. The average molecular weight is 507 g/mol. The molecule has 8 heteroatoms. The summed E-state index contributed by atoms with van der Waals surface area (Å²) in [4.78, 5) is 28.3. The number of anilines is 2. The summed E-state index contributed by atoms with van der Waals surface area (Å²) in [5, 5.41) is 15.5. The number of nitro benzene ring substituents is 1. The number of nitrogens with one attached hydrogen (secondary N) is 1. The van der Waals surface area contributed by atoms with E-state index in [0.29, 0.717) is 37.4 Å². The van der Waals surface area contributed by atoms with Gasteiger partial charge in [0.2, 0.25) is 0 Å². The van der Waals surface area contributed by atoms with Gasteiger partial charge >= 0.3 is 0 Å². The molecule has 0 radical (unpaired) electrons. The number of carbonyl (C=O) groups excluding carboxylic acids is 1. The number of amides is 1. The Bertz CT molecular complexity index is 1170. The van der Waals surface area contributed by atoms with Crippen molar-refractivity contribution in [2.75, 3.05) is 36.4 Å². The van der Waals surface area contributed by atoms with Crippen molar-refractivity contribution in [2.24, 2.45) is 23.2 Å². The number of benzene rings is 2. The van der Waals surface area contributed by atoms with Crippen LogP contribution in [0.4, 0.5) is 21.5 Å². The van der Waals surface area contributed by atoms with Crippen LogP contribution in [0.3, 0.4) is 0 Å². The van der Waals surface area contributed by atoms with Crippen LogP contribution in [-0.4, -0.2) is 48.0 Å². The number of hydrogen-bond acceptors (Lipinski definition) is 5. The van der Waals surface area contributed by atoms with Crippen LogP contribution < -0.4 is 10.2 Å². The molecular weight excluding hydrogens is 471 g/mol. The molecule has 1 heterocycles. The molecule has 5 fully saturated rings. The number of halogens is 1. The zero-order valence-corrected chi connectivity index (χ0v) is 21.4. The summed E-state index contributed by atoms with van der Waals surface area (Å²) in [6, 6.07) is 11.3. The fourth-order valence-corrected chi connectivity index (χ4v) is 8.06. The quantitative estimate of drug-likeness (QED) is 0.401. The Morgan fingerprint density at radius 2 is 1.68 bits per heavy atom. The fourth-order valence-electron chi connectivity index (χ4n) is 8.06. The molecule has 1 unspecified atom stereocenters. The monoisotopic (exact) mass is 506 g/mol. The van der Waals surface area contributed by atoms with Gasteiger partial charge in [0.25, 0.3) is 11.6 Å². The molecule has 0 aromatic heterocycles. The maximum absolute atomic E-state index is 13.6. The number of piperazine rings is 1. The normalized spacial score (nSPS) is 29.3. The van der Waals surface area contributed by atoms with E-state index < -0.39 is 5.82 Å². The summed E-state index contributed by atoms with van der Waals surface area (Å²) in [6.45, 7) is 4.48. The van der Waals surface area contributed by atoms with Gasteiger partial charge in [-0.05, 0) is 98.9 Å². The van der Waals surface area contributed by atoms with E-state index in [1.165, 1.54) is 50.7 Å². The van der Waals surface area contributed by atoms with Crippen LogP contribution in [-0.2, 0) is 0 Å². The minimum absolute atomic E-state index is 0.111. The summed E-state index contributed by atoms with van der Waals surface area (Å²) in [5.74, 6) is 1.88. The lowest BCUT2D eigenvalue weighted by atomic mass is 9.48. The lowest BCUT2D eigenvalue weighted by Gasteiger charge is -2.59. The molecule has 2 aromatic carbocycles. The van der Waals surface area contributed by atoms with Crippen molar-refractivity contribution in [3.8, 4) is 0 Å². The molecule has 0 spiro atoms. The summed E-state index contributed by atoms with van der Waals surface area (Å²) in [6.07, 6.45) is 7.83. The third-order valence-corrected chi connectivity index (χ3v) is 9.56. The van der Waals surface area contributed by atoms with Crippen molar-refractivity contribution in [3.63, 3.8) is 0 Å². The van der Waals surface area contributed by atoms with Gasteiger partial charge in [-0.3, -0.25) is 14.9 Å². The summed E-state index contributed by atoms with van der Waals surface area (Å²) in [5.41, 5.74) is 2.21. The minimum atomic E-state index is -0.418. The summed E-state index contributed by atoms with van der Waals surface area (Å²) >= 11 is 0. The number of nitro groups is 1. The van der Waals surface area contributed by atoms with Gasteiger partial charge in [0.05, 0.1) is 4.92 Å². The van der Waals surface area contributed by atoms with Crippen LogP contribution in [0.25, 0.3) is 0 Å². The molecule has 37 heavy (non-hydrogen) atoms.